The number of carbonyl (C=O) groups excluding carboxylic acids is 2. The minimum Gasteiger partial charge on any atom is -0.369 e. The number of primary amides is 1. The molecule has 4 N–H and O–H groups in total. The maximum atomic E-state index is 13.5. The van der Waals surface area contributed by atoms with Crippen LogP contribution in [0, 0.1) is 29.6 Å². The van der Waals surface area contributed by atoms with E-state index in [2.05, 4.69) is 21.4 Å². The van der Waals surface area contributed by atoms with Crippen molar-refractivity contribution in [3.05, 3.63) is 88.5 Å². The predicted molar refractivity (Wildman–Crippen MR) is 129 cm³/mol. The summed E-state index contributed by atoms with van der Waals surface area (Å²) in [6.45, 7) is 3.10. The Balaban J connectivity index is 1.51. The molecule has 0 radical (unpaired) electrons. The SMILES string of the molecule is Cc1ccccc1CC1(C(N)=O)CCNCC1C(=O)Cc1cnc(Cc2ccc(C#N)cc2)[nH]1. The molecule has 1 aliphatic heterocycles. The van der Waals surface area contributed by atoms with Gasteiger partial charge in [-0.25, -0.2) is 4.98 Å². The second kappa shape index (κ2) is 10.0. The van der Waals surface area contributed by atoms with E-state index in [1.165, 1.54) is 0 Å². The quantitative estimate of drug-likeness (QED) is 0.482. The lowest BCUT2D eigenvalue weighted by Gasteiger charge is -2.41. The van der Waals surface area contributed by atoms with Crippen LogP contribution in [0.1, 0.15) is 40.2 Å². The van der Waals surface area contributed by atoms with E-state index in [1.54, 1.807) is 18.3 Å². The molecular formula is C27H29N5O2. The molecule has 1 fully saturated rings. The molecule has 1 amide bonds. The zero-order valence-electron chi connectivity index (χ0n) is 19.3. The number of amides is 1. The van der Waals surface area contributed by atoms with E-state index >= 15 is 0 Å². The average molecular weight is 456 g/mol. The van der Waals surface area contributed by atoms with Crippen molar-refractivity contribution in [2.75, 3.05) is 13.1 Å². The first kappa shape index (κ1) is 23.4. The molecule has 1 aliphatic rings. The van der Waals surface area contributed by atoms with Gasteiger partial charge in [0, 0.05) is 37.2 Å². The van der Waals surface area contributed by atoms with Gasteiger partial charge < -0.3 is 16.0 Å². The van der Waals surface area contributed by atoms with E-state index in [9.17, 15) is 9.59 Å². The van der Waals surface area contributed by atoms with Crippen LogP contribution in [0.15, 0.2) is 54.7 Å². The molecule has 2 atom stereocenters. The zero-order chi connectivity index (χ0) is 24.1. The van der Waals surface area contributed by atoms with Gasteiger partial charge >= 0.3 is 0 Å². The lowest BCUT2D eigenvalue weighted by Crippen LogP contribution is -2.56. The number of imidazole rings is 1. The molecule has 2 heterocycles. The van der Waals surface area contributed by atoms with Crippen molar-refractivity contribution in [2.24, 2.45) is 17.1 Å². The Hall–Kier alpha value is -3.76. The topological polar surface area (TPSA) is 125 Å². The minimum absolute atomic E-state index is 0.0202. The third-order valence-electron chi connectivity index (χ3n) is 6.91. The van der Waals surface area contributed by atoms with Gasteiger partial charge in [-0.1, -0.05) is 36.4 Å². The number of rotatable bonds is 8. The second-order valence-electron chi connectivity index (χ2n) is 9.11. The average Bonchev–Trinajstić information content (AvgIpc) is 3.27. The Kier molecular flexibility index (Phi) is 6.90. The number of nitrogens with one attached hydrogen (secondary N) is 2. The summed E-state index contributed by atoms with van der Waals surface area (Å²) in [6, 6.07) is 17.4. The van der Waals surface area contributed by atoms with Gasteiger partial charge in [0.05, 0.1) is 17.0 Å². The summed E-state index contributed by atoms with van der Waals surface area (Å²) >= 11 is 0. The Morgan fingerprint density at radius 3 is 2.68 bits per heavy atom. The van der Waals surface area contributed by atoms with Crippen molar-refractivity contribution >= 4 is 11.7 Å². The number of aromatic amines is 1. The number of piperidine rings is 1. The maximum absolute atomic E-state index is 13.5. The number of nitriles is 1. The van der Waals surface area contributed by atoms with Gasteiger partial charge in [-0.15, -0.1) is 0 Å². The third kappa shape index (κ3) is 4.92. The van der Waals surface area contributed by atoms with E-state index in [0.29, 0.717) is 43.6 Å². The standard InChI is InChI=1S/C27H29N5O2/c1-18-4-2-3-5-21(18)14-27(26(29)34)10-11-30-17-23(27)24(33)13-22-16-31-25(32-22)12-19-6-8-20(15-28)9-7-19/h2-9,16,23,30H,10-14,17H2,1H3,(H2,29,34)(H,31,32). The molecule has 7 nitrogen and oxygen atoms in total. The number of Topliss-reactive ketones (excluding diaryl/α,β-unsaturated/α-hetero) is 1. The highest BCUT2D eigenvalue weighted by Gasteiger charge is 2.49. The molecule has 0 spiro atoms. The fourth-order valence-corrected chi connectivity index (χ4v) is 4.88. The van der Waals surface area contributed by atoms with Crippen LogP contribution in [0.4, 0.5) is 0 Å². The minimum atomic E-state index is -0.917. The molecule has 0 saturated carbocycles. The van der Waals surface area contributed by atoms with Gasteiger partial charge in [-0.2, -0.15) is 5.26 Å². The van der Waals surface area contributed by atoms with Crippen molar-refractivity contribution in [1.82, 2.24) is 15.3 Å². The van der Waals surface area contributed by atoms with Crippen LogP contribution in [0.25, 0.3) is 0 Å². The van der Waals surface area contributed by atoms with Crippen LogP contribution in [0.2, 0.25) is 0 Å². The van der Waals surface area contributed by atoms with Crippen LogP contribution < -0.4 is 11.1 Å². The Labute approximate surface area is 199 Å². The number of H-pyrrole nitrogens is 1. The van der Waals surface area contributed by atoms with Crippen LogP contribution >= 0.6 is 0 Å². The number of nitrogens with zero attached hydrogens (tertiary/aromatic N) is 2. The van der Waals surface area contributed by atoms with Crippen molar-refractivity contribution < 1.29 is 9.59 Å². The van der Waals surface area contributed by atoms with E-state index in [0.717, 1.165) is 22.5 Å². The first-order valence-electron chi connectivity index (χ1n) is 11.5. The lowest BCUT2D eigenvalue weighted by molar-refractivity contribution is -0.141. The van der Waals surface area contributed by atoms with Gasteiger partial charge in [0.1, 0.15) is 11.6 Å². The molecule has 0 bridgehead atoms. The summed E-state index contributed by atoms with van der Waals surface area (Å²) in [4.78, 5) is 34.0. The van der Waals surface area contributed by atoms with Crippen molar-refractivity contribution in [3.63, 3.8) is 0 Å². The summed E-state index contributed by atoms with van der Waals surface area (Å²) in [7, 11) is 0. The molecular weight excluding hydrogens is 426 g/mol. The Morgan fingerprint density at radius 2 is 1.97 bits per heavy atom. The van der Waals surface area contributed by atoms with Gasteiger partial charge in [0.15, 0.2) is 0 Å². The fourth-order valence-electron chi connectivity index (χ4n) is 4.88. The highest BCUT2D eigenvalue weighted by atomic mass is 16.2. The van der Waals surface area contributed by atoms with Crippen molar-refractivity contribution in [2.45, 2.75) is 32.6 Å². The summed E-state index contributed by atoms with van der Waals surface area (Å²) in [6.07, 6.45) is 3.40. The molecule has 2 unspecified atom stereocenters. The summed E-state index contributed by atoms with van der Waals surface area (Å²) in [5.41, 5.74) is 9.54. The summed E-state index contributed by atoms with van der Waals surface area (Å²) in [5, 5.41) is 12.2. The number of aryl methyl sites for hydroxylation is 1. The fraction of sp³-hybridized carbons (Fsp3) is 0.333. The summed E-state index contributed by atoms with van der Waals surface area (Å²) < 4.78 is 0. The van der Waals surface area contributed by atoms with Crippen LogP contribution in [-0.2, 0) is 28.9 Å². The van der Waals surface area contributed by atoms with Crippen molar-refractivity contribution in [1.29, 1.82) is 5.26 Å². The number of carbonyl (C=O) groups is 2. The summed E-state index contributed by atoms with van der Waals surface area (Å²) in [5.74, 6) is -0.200. The van der Waals surface area contributed by atoms with Gasteiger partial charge in [0.2, 0.25) is 5.91 Å². The van der Waals surface area contributed by atoms with Crippen LogP contribution in [-0.4, -0.2) is 34.7 Å². The molecule has 34 heavy (non-hydrogen) atoms. The smallest absolute Gasteiger partial charge is 0.224 e. The van der Waals surface area contributed by atoms with Crippen LogP contribution in [0.3, 0.4) is 0 Å². The predicted octanol–water partition coefficient (Wildman–Crippen LogP) is 2.62. The largest absolute Gasteiger partial charge is 0.369 e. The molecule has 174 valence electrons. The molecule has 4 rings (SSSR count). The normalized spacial score (nSPS) is 19.9. The number of ketones is 1. The third-order valence-corrected chi connectivity index (χ3v) is 6.91. The first-order chi connectivity index (χ1) is 16.4. The van der Waals surface area contributed by atoms with Crippen LogP contribution in [0.5, 0.6) is 0 Å². The molecule has 2 aromatic carbocycles. The highest BCUT2D eigenvalue weighted by Crippen LogP contribution is 2.39. The van der Waals surface area contributed by atoms with E-state index in [1.807, 2.05) is 43.3 Å². The monoisotopic (exact) mass is 455 g/mol. The molecule has 7 heteroatoms. The van der Waals surface area contributed by atoms with E-state index in [-0.39, 0.29) is 12.2 Å². The Bertz CT molecular complexity index is 1220. The molecule has 0 aliphatic carbocycles. The number of aromatic nitrogens is 2. The number of hydrogen-bond acceptors (Lipinski definition) is 5. The second-order valence-corrected chi connectivity index (χ2v) is 9.11. The lowest BCUT2D eigenvalue weighted by atomic mass is 9.64. The maximum Gasteiger partial charge on any atom is 0.224 e. The van der Waals surface area contributed by atoms with Crippen molar-refractivity contribution in [3.8, 4) is 6.07 Å². The number of hydrogen-bond donors (Lipinski definition) is 3. The Morgan fingerprint density at radius 1 is 1.21 bits per heavy atom. The molecule has 3 aromatic rings. The first-order valence-corrected chi connectivity index (χ1v) is 11.5. The van der Waals surface area contributed by atoms with E-state index in [4.69, 9.17) is 11.0 Å². The molecule has 1 saturated heterocycles. The highest BCUT2D eigenvalue weighted by molar-refractivity contribution is 5.92. The van der Waals surface area contributed by atoms with Gasteiger partial charge in [-0.05, 0) is 55.1 Å². The van der Waals surface area contributed by atoms with Gasteiger partial charge in [-0.3, -0.25) is 9.59 Å². The number of benzene rings is 2. The molecule has 1 aromatic heterocycles. The van der Waals surface area contributed by atoms with E-state index < -0.39 is 17.2 Å². The zero-order valence-corrected chi connectivity index (χ0v) is 19.3. The number of nitrogens with two attached hydrogens (primary N) is 1. The van der Waals surface area contributed by atoms with Gasteiger partial charge in [0.25, 0.3) is 0 Å².